The number of piperazine rings is 1. The molecule has 0 spiro atoms. The van der Waals surface area contributed by atoms with E-state index in [1.165, 1.54) is 29.6 Å². The summed E-state index contributed by atoms with van der Waals surface area (Å²) in [6.45, 7) is 5.90. The van der Waals surface area contributed by atoms with Gasteiger partial charge in [0.15, 0.2) is 0 Å². The largest absolute Gasteiger partial charge is 0.353 e. The third-order valence-electron chi connectivity index (χ3n) is 5.11. The Morgan fingerprint density at radius 2 is 1.83 bits per heavy atom. The number of amides is 1. The van der Waals surface area contributed by atoms with E-state index in [0.717, 1.165) is 5.82 Å². The lowest BCUT2D eigenvalue weighted by Crippen LogP contribution is -2.49. The molecule has 156 valence electrons. The van der Waals surface area contributed by atoms with Gasteiger partial charge in [-0.15, -0.1) is 0 Å². The van der Waals surface area contributed by atoms with E-state index in [9.17, 15) is 13.2 Å². The van der Waals surface area contributed by atoms with Crippen molar-refractivity contribution in [2.24, 2.45) is 0 Å². The average Bonchev–Trinajstić information content (AvgIpc) is 2.73. The van der Waals surface area contributed by atoms with E-state index in [0.29, 0.717) is 26.2 Å². The van der Waals surface area contributed by atoms with E-state index in [2.05, 4.69) is 9.88 Å². The van der Waals surface area contributed by atoms with Gasteiger partial charge in [0, 0.05) is 45.5 Å². The van der Waals surface area contributed by atoms with Gasteiger partial charge in [-0.2, -0.15) is 4.31 Å². The van der Waals surface area contributed by atoms with Crippen LogP contribution in [0.5, 0.6) is 0 Å². The van der Waals surface area contributed by atoms with Crippen molar-refractivity contribution in [3.63, 3.8) is 0 Å². The molecular formula is C20H25ClN4O3S. The first kappa shape index (κ1) is 21.5. The predicted octanol–water partition coefficient (Wildman–Crippen LogP) is 2.73. The molecule has 0 bridgehead atoms. The number of sulfonamides is 1. The molecule has 9 heteroatoms. The SMILES string of the molecule is CC(C)N(C)S(=O)(=O)c1ccc(Cl)c(C(=O)N2CCN(c3ccccn3)CC2)c1. The molecule has 7 nitrogen and oxygen atoms in total. The smallest absolute Gasteiger partial charge is 0.255 e. The van der Waals surface area contributed by atoms with Gasteiger partial charge >= 0.3 is 0 Å². The van der Waals surface area contributed by atoms with Gasteiger partial charge in [-0.25, -0.2) is 13.4 Å². The predicted molar refractivity (Wildman–Crippen MR) is 114 cm³/mol. The molecule has 29 heavy (non-hydrogen) atoms. The van der Waals surface area contributed by atoms with E-state index in [4.69, 9.17) is 11.6 Å². The molecule has 1 fully saturated rings. The Morgan fingerprint density at radius 1 is 1.14 bits per heavy atom. The molecule has 1 saturated heterocycles. The maximum Gasteiger partial charge on any atom is 0.255 e. The van der Waals surface area contributed by atoms with Crippen LogP contribution in [-0.2, 0) is 10.0 Å². The number of hydrogen-bond donors (Lipinski definition) is 0. The number of rotatable bonds is 5. The second-order valence-corrected chi connectivity index (χ2v) is 9.63. The third kappa shape index (κ3) is 4.55. The summed E-state index contributed by atoms with van der Waals surface area (Å²) in [6, 6.07) is 9.82. The number of nitrogens with zero attached hydrogens (tertiary/aromatic N) is 4. The molecule has 0 atom stereocenters. The number of aromatic nitrogens is 1. The van der Waals surface area contributed by atoms with E-state index in [1.54, 1.807) is 24.9 Å². The van der Waals surface area contributed by atoms with Crippen LogP contribution in [0.3, 0.4) is 0 Å². The second-order valence-electron chi connectivity index (χ2n) is 7.22. The van der Waals surface area contributed by atoms with Gasteiger partial charge in [0.2, 0.25) is 10.0 Å². The van der Waals surface area contributed by atoms with E-state index < -0.39 is 10.0 Å². The summed E-state index contributed by atoms with van der Waals surface area (Å²) in [4.78, 5) is 21.3. The average molecular weight is 437 g/mol. The van der Waals surface area contributed by atoms with Crippen molar-refractivity contribution < 1.29 is 13.2 Å². The minimum atomic E-state index is -3.70. The van der Waals surface area contributed by atoms with Crippen LogP contribution in [0.25, 0.3) is 0 Å². The number of carbonyl (C=O) groups is 1. The van der Waals surface area contributed by atoms with E-state index in [1.807, 2.05) is 18.2 Å². The van der Waals surface area contributed by atoms with Gasteiger partial charge in [-0.05, 0) is 44.2 Å². The van der Waals surface area contributed by atoms with Gasteiger partial charge in [0.05, 0.1) is 15.5 Å². The van der Waals surface area contributed by atoms with Crippen molar-refractivity contribution >= 4 is 33.3 Å². The molecule has 2 aromatic rings. The van der Waals surface area contributed by atoms with Crippen molar-refractivity contribution in [2.75, 3.05) is 38.1 Å². The third-order valence-corrected chi connectivity index (χ3v) is 7.47. The Balaban J connectivity index is 1.78. The summed E-state index contributed by atoms with van der Waals surface area (Å²) < 4.78 is 26.8. The van der Waals surface area contributed by atoms with Gasteiger partial charge in [0.1, 0.15) is 5.82 Å². The van der Waals surface area contributed by atoms with Crippen LogP contribution >= 0.6 is 11.6 Å². The molecule has 1 aromatic carbocycles. The van der Waals surface area contributed by atoms with Gasteiger partial charge in [0.25, 0.3) is 5.91 Å². The van der Waals surface area contributed by atoms with Crippen LogP contribution in [0.2, 0.25) is 5.02 Å². The highest BCUT2D eigenvalue weighted by Gasteiger charge is 2.28. The summed E-state index contributed by atoms with van der Waals surface area (Å²) in [5, 5.41) is 0.244. The van der Waals surface area contributed by atoms with Crippen LogP contribution in [0.15, 0.2) is 47.5 Å². The number of hydrogen-bond acceptors (Lipinski definition) is 5. The summed E-state index contributed by atoms with van der Waals surface area (Å²) >= 11 is 6.25. The molecule has 1 aliphatic rings. The Labute approximate surface area is 176 Å². The van der Waals surface area contributed by atoms with Crippen molar-refractivity contribution in [3.05, 3.63) is 53.2 Å². The highest BCUT2D eigenvalue weighted by atomic mass is 35.5. The lowest BCUT2D eigenvalue weighted by atomic mass is 10.1. The number of anilines is 1. The first-order valence-corrected chi connectivity index (χ1v) is 11.3. The Hall–Kier alpha value is -2.16. The zero-order valence-electron chi connectivity index (χ0n) is 16.7. The maximum absolute atomic E-state index is 13.0. The lowest BCUT2D eigenvalue weighted by Gasteiger charge is -2.35. The zero-order valence-corrected chi connectivity index (χ0v) is 18.3. The number of carbonyl (C=O) groups excluding carboxylic acids is 1. The van der Waals surface area contributed by atoms with E-state index in [-0.39, 0.29) is 27.4 Å². The Bertz CT molecular complexity index is 974. The number of pyridine rings is 1. The molecule has 0 unspecified atom stereocenters. The van der Waals surface area contributed by atoms with Crippen molar-refractivity contribution in [2.45, 2.75) is 24.8 Å². The van der Waals surface area contributed by atoms with Crippen LogP contribution in [-0.4, -0.2) is 67.8 Å². The highest BCUT2D eigenvalue weighted by molar-refractivity contribution is 7.89. The molecule has 0 radical (unpaired) electrons. The molecule has 0 saturated carbocycles. The molecule has 1 aliphatic heterocycles. The molecule has 3 rings (SSSR count). The maximum atomic E-state index is 13.0. The molecule has 2 heterocycles. The van der Waals surface area contributed by atoms with Gasteiger partial charge in [-0.1, -0.05) is 17.7 Å². The molecular weight excluding hydrogens is 412 g/mol. The first-order valence-electron chi connectivity index (χ1n) is 9.44. The lowest BCUT2D eigenvalue weighted by molar-refractivity contribution is 0.0746. The normalized spacial score (nSPS) is 15.2. The molecule has 1 aromatic heterocycles. The molecule has 0 aliphatic carbocycles. The highest BCUT2D eigenvalue weighted by Crippen LogP contribution is 2.25. The number of benzene rings is 1. The molecule has 1 amide bonds. The summed E-state index contributed by atoms with van der Waals surface area (Å²) in [6.07, 6.45) is 1.74. The van der Waals surface area contributed by atoms with Gasteiger partial charge in [-0.3, -0.25) is 4.79 Å². The zero-order chi connectivity index (χ0) is 21.2. The summed E-state index contributed by atoms with van der Waals surface area (Å²) in [5.41, 5.74) is 0.205. The van der Waals surface area contributed by atoms with Crippen molar-refractivity contribution in [1.82, 2.24) is 14.2 Å². The summed E-state index contributed by atoms with van der Waals surface area (Å²) in [5.74, 6) is 0.613. The van der Waals surface area contributed by atoms with Gasteiger partial charge < -0.3 is 9.80 Å². The Kier molecular flexibility index (Phi) is 6.45. The second kappa shape index (κ2) is 8.69. The fourth-order valence-electron chi connectivity index (χ4n) is 3.12. The van der Waals surface area contributed by atoms with Crippen molar-refractivity contribution in [3.8, 4) is 0 Å². The van der Waals surface area contributed by atoms with Crippen molar-refractivity contribution in [1.29, 1.82) is 0 Å². The van der Waals surface area contributed by atoms with Crippen LogP contribution < -0.4 is 4.90 Å². The van der Waals surface area contributed by atoms with E-state index >= 15 is 0 Å². The Morgan fingerprint density at radius 3 is 2.41 bits per heavy atom. The fraction of sp³-hybridized carbons (Fsp3) is 0.400. The summed E-state index contributed by atoms with van der Waals surface area (Å²) in [7, 11) is -2.18. The minimum Gasteiger partial charge on any atom is -0.353 e. The quantitative estimate of drug-likeness (QED) is 0.720. The minimum absolute atomic E-state index is 0.0635. The van der Waals surface area contributed by atoms with Crippen LogP contribution in [0.1, 0.15) is 24.2 Å². The van der Waals surface area contributed by atoms with Crippen LogP contribution in [0, 0.1) is 0 Å². The monoisotopic (exact) mass is 436 g/mol. The van der Waals surface area contributed by atoms with Crippen LogP contribution in [0.4, 0.5) is 5.82 Å². The first-order chi connectivity index (χ1) is 13.7. The topological polar surface area (TPSA) is 73.8 Å². The molecule has 0 N–H and O–H groups in total. The standard InChI is InChI=1S/C20H25ClN4O3S/c1-15(2)23(3)29(27,28)16-7-8-18(21)17(14-16)20(26)25-12-10-24(11-13-25)19-6-4-5-9-22-19/h4-9,14-15H,10-13H2,1-3H3. The fourth-order valence-corrected chi connectivity index (χ4v) is 4.72. The number of halogens is 1.